The fourth-order valence-electron chi connectivity index (χ4n) is 4.86. The van der Waals surface area contributed by atoms with E-state index in [1.807, 2.05) is 0 Å². The maximum Gasteiger partial charge on any atom is 0.416 e. The van der Waals surface area contributed by atoms with Crippen LogP contribution in [0.4, 0.5) is 4.79 Å². The van der Waals surface area contributed by atoms with Gasteiger partial charge < -0.3 is 33.2 Å². The van der Waals surface area contributed by atoms with Crippen molar-refractivity contribution in [2.45, 2.75) is 12.2 Å². The molecular formula is C25H25NO10. The highest BCUT2D eigenvalue weighted by atomic mass is 16.7. The van der Waals surface area contributed by atoms with Crippen LogP contribution in [0.1, 0.15) is 23.3 Å². The van der Waals surface area contributed by atoms with Gasteiger partial charge in [0, 0.05) is 0 Å². The monoisotopic (exact) mass is 499 g/mol. The van der Waals surface area contributed by atoms with Crippen molar-refractivity contribution >= 4 is 18.0 Å². The van der Waals surface area contributed by atoms with Gasteiger partial charge in [-0.3, -0.25) is 9.59 Å². The molecular weight excluding hydrogens is 474 g/mol. The van der Waals surface area contributed by atoms with Gasteiger partial charge in [0.15, 0.2) is 23.0 Å². The number of carbonyl (C=O) groups is 3. The first-order valence-electron chi connectivity index (χ1n) is 11.3. The Labute approximate surface area is 206 Å². The van der Waals surface area contributed by atoms with Gasteiger partial charge in [0.1, 0.15) is 12.5 Å². The fraction of sp³-hybridized carbons (Fsp3) is 0.400. The topological polar surface area (TPSA) is 119 Å². The summed E-state index contributed by atoms with van der Waals surface area (Å²) in [4.78, 5) is 40.2. The number of imide groups is 1. The van der Waals surface area contributed by atoms with Crippen molar-refractivity contribution < 1.29 is 47.5 Å². The molecule has 2 aromatic carbocycles. The third-order valence-corrected chi connectivity index (χ3v) is 6.58. The molecule has 3 aliphatic rings. The van der Waals surface area contributed by atoms with Crippen LogP contribution in [-0.4, -0.2) is 64.1 Å². The van der Waals surface area contributed by atoms with Gasteiger partial charge >= 0.3 is 12.1 Å². The minimum Gasteiger partial charge on any atom is -0.493 e. The van der Waals surface area contributed by atoms with Crippen LogP contribution < -0.4 is 18.9 Å². The lowest BCUT2D eigenvalue weighted by molar-refractivity contribution is -0.152. The molecule has 0 unspecified atom stereocenters. The minimum atomic E-state index is -1.09. The quantitative estimate of drug-likeness (QED) is 0.549. The summed E-state index contributed by atoms with van der Waals surface area (Å²) in [7, 11) is 4.25. The molecule has 190 valence electrons. The normalized spacial score (nSPS) is 24.4. The number of rotatable bonds is 6. The Kier molecular flexibility index (Phi) is 6.31. The van der Waals surface area contributed by atoms with Crippen LogP contribution in [0, 0.1) is 11.8 Å². The Hall–Kier alpha value is -3.99. The maximum absolute atomic E-state index is 13.8. The number of esters is 1. The predicted octanol–water partition coefficient (Wildman–Crippen LogP) is 2.63. The minimum absolute atomic E-state index is 0.0770. The van der Waals surface area contributed by atoms with Crippen LogP contribution in [-0.2, 0) is 23.8 Å². The van der Waals surface area contributed by atoms with Crippen molar-refractivity contribution in [1.29, 1.82) is 0 Å². The third-order valence-electron chi connectivity index (χ3n) is 6.58. The van der Waals surface area contributed by atoms with E-state index >= 15 is 0 Å². The summed E-state index contributed by atoms with van der Waals surface area (Å²) in [5.74, 6) is -1.40. The van der Waals surface area contributed by atoms with E-state index in [9.17, 15) is 14.4 Å². The first-order chi connectivity index (χ1) is 17.5. The molecule has 5 rings (SSSR count). The summed E-state index contributed by atoms with van der Waals surface area (Å²) in [5, 5.41) is 0. The van der Waals surface area contributed by atoms with E-state index in [0.717, 1.165) is 4.90 Å². The van der Waals surface area contributed by atoms with Crippen LogP contribution in [0.2, 0.25) is 0 Å². The van der Waals surface area contributed by atoms with E-state index in [4.69, 9.17) is 33.2 Å². The number of ether oxygens (including phenoxy) is 7. The second kappa shape index (κ2) is 9.57. The van der Waals surface area contributed by atoms with Gasteiger partial charge in [0.2, 0.25) is 12.7 Å². The molecule has 11 heteroatoms. The lowest BCUT2D eigenvalue weighted by atomic mass is 9.81. The Morgan fingerprint density at radius 1 is 0.861 bits per heavy atom. The standard InChI is InChI=1S/C25H25NO10/c1-30-15-6-4-13(10-17(15)31-2)21-19(23(27)26-8-9-33-25(26)29)20(24(28)32-3)22(36-21)14-5-7-16-18(11-14)35-12-34-16/h4-7,10-11,19-22H,8-9,12H2,1-3H3/t19-,20-,21+,22-/m1/s1. The van der Waals surface area contributed by atoms with E-state index in [1.54, 1.807) is 36.4 Å². The van der Waals surface area contributed by atoms with Gasteiger partial charge in [-0.2, -0.15) is 0 Å². The van der Waals surface area contributed by atoms with E-state index in [2.05, 4.69) is 0 Å². The fourth-order valence-corrected chi connectivity index (χ4v) is 4.86. The lowest BCUT2D eigenvalue weighted by Crippen LogP contribution is -2.42. The van der Waals surface area contributed by atoms with Crippen LogP contribution in [0.15, 0.2) is 36.4 Å². The molecule has 2 aromatic rings. The van der Waals surface area contributed by atoms with Crippen LogP contribution in [0.3, 0.4) is 0 Å². The summed E-state index contributed by atoms with van der Waals surface area (Å²) in [5.41, 5.74) is 1.16. The number of nitrogens with zero attached hydrogens (tertiary/aromatic N) is 1. The summed E-state index contributed by atoms with van der Waals surface area (Å²) in [6.45, 7) is 0.236. The number of cyclic esters (lactones) is 1. The molecule has 0 saturated carbocycles. The highest BCUT2D eigenvalue weighted by Crippen LogP contribution is 2.52. The van der Waals surface area contributed by atoms with Crippen molar-refractivity contribution in [3.8, 4) is 23.0 Å². The lowest BCUT2D eigenvalue weighted by Gasteiger charge is -2.25. The van der Waals surface area contributed by atoms with Crippen molar-refractivity contribution in [1.82, 2.24) is 4.90 Å². The molecule has 3 heterocycles. The Balaban J connectivity index is 1.61. The van der Waals surface area contributed by atoms with Gasteiger partial charge in [0.05, 0.1) is 46.0 Å². The summed E-state index contributed by atoms with van der Waals surface area (Å²) in [6, 6.07) is 10.3. The van der Waals surface area contributed by atoms with Crippen molar-refractivity contribution in [3.05, 3.63) is 47.5 Å². The molecule has 0 bridgehead atoms. The summed E-state index contributed by atoms with van der Waals surface area (Å²) < 4.78 is 38.2. The predicted molar refractivity (Wildman–Crippen MR) is 121 cm³/mol. The van der Waals surface area contributed by atoms with Gasteiger partial charge in [-0.1, -0.05) is 12.1 Å². The van der Waals surface area contributed by atoms with Crippen LogP contribution >= 0.6 is 0 Å². The van der Waals surface area contributed by atoms with E-state index in [-0.39, 0.29) is 19.9 Å². The Morgan fingerprint density at radius 2 is 1.56 bits per heavy atom. The zero-order valence-corrected chi connectivity index (χ0v) is 19.9. The van der Waals surface area contributed by atoms with Gasteiger partial charge in [-0.15, -0.1) is 0 Å². The molecule has 4 atom stereocenters. The smallest absolute Gasteiger partial charge is 0.416 e. The zero-order chi connectivity index (χ0) is 25.4. The molecule has 2 amide bonds. The molecule has 0 aliphatic carbocycles. The van der Waals surface area contributed by atoms with E-state index in [0.29, 0.717) is 34.1 Å². The zero-order valence-electron chi connectivity index (χ0n) is 19.9. The molecule has 36 heavy (non-hydrogen) atoms. The average Bonchev–Trinajstić information content (AvgIpc) is 3.64. The second-order valence-electron chi connectivity index (χ2n) is 8.38. The van der Waals surface area contributed by atoms with Gasteiger partial charge in [-0.25, -0.2) is 9.69 Å². The third kappa shape index (κ3) is 3.95. The molecule has 11 nitrogen and oxygen atoms in total. The van der Waals surface area contributed by atoms with Crippen molar-refractivity contribution in [2.24, 2.45) is 11.8 Å². The summed E-state index contributed by atoms with van der Waals surface area (Å²) >= 11 is 0. The SMILES string of the molecule is COC(=O)[C@@H]1[C@@H](C(=O)N2CCOC2=O)[C@H](c2ccc(OC)c(OC)c2)O[C@@H]1c1ccc2c(c1)OCO2. The number of hydrogen-bond acceptors (Lipinski definition) is 10. The number of fused-ring (bicyclic) bond motifs is 1. The number of amides is 2. The van der Waals surface area contributed by atoms with Crippen molar-refractivity contribution in [3.63, 3.8) is 0 Å². The molecule has 0 spiro atoms. The first kappa shape index (κ1) is 23.7. The molecule has 2 saturated heterocycles. The van der Waals surface area contributed by atoms with E-state index < -0.39 is 42.0 Å². The van der Waals surface area contributed by atoms with Gasteiger partial charge in [-0.05, 0) is 35.4 Å². The maximum atomic E-state index is 13.8. The molecule has 0 aromatic heterocycles. The largest absolute Gasteiger partial charge is 0.493 e. The molecule has 0 N–H and O–H groups in total. The molecule has 3 aliphatic heterocycles. The number of carbonyl (C=O) groups excluding carboxylic acids is 3. The van der Waals surface area contributed by atoms with Gasteiger partial charge in [0.25, 0.3) is 0 Å². The van der Waals surface area contributed by atoms with E-state index in [1.165, 1.54) is 21.3 Å². The number of methoxy groups -OCH3 is 3. The number of hydrogen-bond donors (Lipinski definition) is 0. The van der Waals surface area contributed by atoms with Crippen LogP contribution in [0.5, 0.6) is 23.0 Å². The second-order valence-corrected chi connectivity index (χ2v) is 8.38. The molecule has 2 fully saturated rings. The Morgan fingerprint density at radius 3 is 2.25 bits per heavy atom. The first-order valence-corrected chi connectivity index (χ1v) is 11.3. The highest BCUT2D eigenvalue weighted by Gasteiger charge is 2.56. The molecule has 0 radical (unpaired) electrons. The van der Waals surface area contributed by atoms with Crippen molar-refractivity contribution in [2.75, 3.05) is 41.3 Å². The van der Waals surface area contributed by atoms with Crippen LogP contribution in [0.25, 0.3) is 0 Å². The Bertz CT molecular complexity index is 1200. The highest BCUT2D eigenvalue weighted by molar-refractivity contribution is 5.97. The number of benzene rings is 2. The average molecular weight is 499 g/mol. The summed E-state index contributed by atoms with van der Waals surface area (Å²) in [6.07, 6.45) is -2.55.